The fourth-order valence-electron chi connectivity index (χ4n) is 1.32. The number of rotatable bonds is 5. The Bertz CT molecular complexity index is 299. The molecule has 0 saturated carbocycles. The van der Waals surface area contributed by atoms with Crippen LogP contribution in [0.5, 0.6) is 5.75 Å². The summed E-state index contributed by atoms with van der Waals surface area (Å²) in [5, 5.41) is 0. The van der Waals surface area contributed by atoms with Crippen LogP contribution in [0.4, 0.5) is 0 Å². The smallest absolute Gasteiger partial charge is 0.122 e. The molecule has 1 aromatic rings. The third kappa shape index (κ3) is 2.58. The summed E-state index contributed by atoms with van der Waals surface area (Å²) < 4.78 is 5.23. The van der Waals surface area contributed by atoms with Crippen molar-refractivity contribution in [2.24, 2.45) is 5.84 Å². The molecule has 0 aliphatic rings. The molecule has 3 heteroatoms. The third-order valence-corrected chi connectivity index (χ3v) is 2.13. The van der Waals surface area contributed by atoms with Gasteiger partial charge in [-0.15, -0.1) is 6.58 Å². The molecule has 3 nitrogen and oxygen atoms in total. The molecule has 3 N–H and O–H groups in total. The van der Waals surface area contributed by atoms with Crippen LogP contribution in [0.1, 0.15) is 5.56 Å². The van der Waals surface area contributed by atoms with Gasteiger partial charge in [-0.05, 0) is 18.1 Å². The minimum absolute atomic E-state index is 0.0753. The Morgan fingerprint density at radius 2 is 2.29 bits per heavy atom. The van der Waals surface area contributed by atoms with Crippen molar-refractivity contribution in [1.29, 1.82) is 0 Å². The van der Waals surface area contributed by atoms with Gasteiger partial charge in [0.15, 0.2) is 0 Å². The van der Waals surface area contributed by atoms with Gasteiger partial charge in [0.1, 0.15) is 5.75 Å². The summed E-state index contributed by atoms with van der Waals surface area (Å²) in [4.78, 5) is 0. The first-order chi connectivity index (χ1) is 6.81. The molecule has 0 spiro atoms. The Labute approximate surface area is 84.5 Å². The van der Waals surface area contributed by atoms with E-state index in [2.05, 4.69) is 12.0 Å². The van der Waals surface area contributed by atoms with Crippen LogP contribution in [-0.4, -0.2) is 13.2 Å². The van der Waals surface area contributed by atoms with Gasteiger partial charge in [-0.2, -0.15) is 0 Å². The first-order valence-electron chi connectivity index (χ1n) is 4.52. The molecule has 1 aromatic carbocycles. The molecule has 0 amide bonds. The van der Waals surface area contributed by atoms with E-state index in [9.17, 15) is 0 Å². The molecular formula is C11H16N2O. The topological polar surface area (TPSA) is 47.3 Å². The van der Waals surface area contributed by atoms with Gasteiger partial charge in [0.05, 0.1) is 7.11 Å². The Morgan fingerprint density at radius 1 is 1.57 bits per heavy atom. The lowest BCUT2D eigenvalue weighted by Crippen LogP contribution is -2.35. The Balaban J connectivity index is 2.78. The van der Waals surface area contributed by atoms with Crippen LogP contribution in [-0.2, 0) is 6.42 Å². The maximum Gasteiger partial charge on any atom is 0.122 e. The van der Waals surface area contributed by atoms with Crippen LogP contribution in [0.3, 0.4) is 0 Å². The van der Waals surface area contributed by atoms with E-state index in [1.54, 1.807) is 13.2 Å². The Hall–Kier alpha value is -1.32. The molecule has 0 bridgehead atoms. The molecule has 0 heterocycles. The average Bonchev–Trinajstić information content (AvgIpc) is 2.26. The number of benzene rings is 1. The fraction of sp³-hybridized carbons (Fsp3) is 0.273. The zero-order valence-corrected chi connectivity index (χ0v) is 8.36. The van der Waals surface area contributed by atoms with Crippen LogP contribution in [0.25, 0.3) is 0 Å². The van der Waals surface area contributed by atoms with E-state index in [1.165, 1.54) is 0 Å². The quantitative estimate of drug-likeness (QED) is 0.419. The van der Waals surface area contributed by atoms with E-state index in [-0.39, 0.29) is 6.04 Å². The van der Waals surface area contributed by atoms with Gasteiger partial charge < -0.3 is 4.74 Å². The van der Waals surface area contributed by atoms with Crippen molar-refractivity contribution >= 4 is 0 Å². The normalized spacial score (nSPS) is 12.1. The second-order valence-electron chi connectivity index (χ2n) is 3.02. The molecule has 0 saturated heterocycles. The van der Waals surface area contributed by atoms with Crippen molar-refractivity contribution in [3.63, 3.8) is 0 Å². The molecule has 1 atom stereocenters. The number of methoxy groups -OCH3 is 1. The highest BCUT2D eigenvalue weighted by molar-refractivity contribution is 5.34. The number of hydrazine groups is 1. The predicted molar refractivity (Wildman–Crippen MR) is 58.0 cm³/mol. The van der Waals surface area contributed by atoms with E-state index >= 15 is 0 Å². The molecule has 1 rings (SSSR count). The summed E-state index contributed by atoms with van der Waals surface area (Å²) in [6, 6.07) is 7.96. The summed E-state index contributed by atoms with van der Waals surface area (Å²) in [5.41, 5.74) is 3.80. The van der Waals surface area contributed by atoms with E-state index in [0.29, 0.717) is 0 Å². The van der Waals surface area contributed by atoms with Gasteiger partial charge in [0, 0.05) is 6.04 Å². The third-order valence-electron chi connectivity index (χ3n) is 2.13. The van der Waals surface area contributed by atoms with Gasteiger partial charge in [0.25, 0.3) is 0 Å². The zero-order chi connectivity index (χ0) is 10.4. The van der Waals surface area contributed by atoms with E-state index < -0.39 is 0 Å². The zero-order valence-electron chi connectivity index (χ0n) is 8.36. The lowest BCUT2D eigenvalue weighted by Gasteiger charge is -2.13. The highest BCUT2D eigenvalue weighted by atomic mass is 16.5. The van der Waals surface area contributed by atoms with Crippen molar-refractivity contribution in [3.8, 4) is 5.75 Å². The van der Waals surface area contributed by atoms with Gasteiger partial charge in [-0.3, -0.25) is 11.3 Å². The molecule has 0 aromatic heterocycles. The van der Waals surface area contributed by atoms with Crippen LogP contribution in [0, 0.1) is 0 Å². The van der Waals surface area contributed by atoms with Crippen molar-refractivity contribution in [2.45, 2.75) is 12.5 Å². The highest BCUT2D eigenvalue weighted by Gasteiger charge is 2.06. The fourth-order valence-corrected chi connectivity index (χ4v) is 1.32. The van der Waals surface area contributed by atoms with Gasteiger partial charge in [-0.25, -0.2) is 0 Å². The van der Waals surface area contributed by atoms with Crippen LogP contribution >= 0.6 is 0 Å². The number of nitrogens with one attached hydrogen (secondary N) is 1. The molecular weight excluding hydrogens is 176 g/mol. The first kappa shape index (κ1) is 10.8. The number of ether oxygens (including phenoxy) is 1. The summed E-state index contributed by atoms with van der Waals surface area (Å²) in [6.07, 6.45) is 2.57. The molecule has 76 valence electrons. The van der Waals surface area contributed by atoms with E-state index in [4.69, 9.17) is 10.6 Å². The lowest BCUT2D eigenvalue weighted by molar-refractivity contribution is 0.407. The minimum Gasteiger partial charge on any atom is -0.496 e. The Kier molecular flexibility index (Phi) is 4.16. The number of hydrogen-bond donors (Lipinski definition) is 2. The lowest BCUT2D eigenvalue weighted by atomic mass is 10.1. The first-order valence-corrected chi connectivity index (χ1v) is 4.52. The summed E-state index contributed by atoms with van der Waals surface area (Å²) in [7, 11) is 1.66. The van der Waals surface area contributed by atoms with Gasteiger partial charge >= 0.3 is 0 Å². The molecule has 0 aliphatic heterocycles. The Morgan fingerprint density at radius 3 is 2.86 bits per heavy atom. The number of para-hydroxylation sites is 1. The summed E-state index contributed by atoms with van der Waals surface area (Å²) in [5.74, 6) is 6.24. The van der Waals surface area contributed by atoms with Gasteiger partial charge in [0.2, 0.25) is 0 Å². The van der Waals surface area contributed by atoms with Crippen molar-refractivity contribution in [1.82, 2.24) is 5.43 Å². The monoisotopic (exact) mass is 192 g/mol. The molecule has 0 fully saturated rings. The van der Waals surface area contributed by atoms with E-state index in [1.807, 2.05) is 24.3 Å². The second-order valence-corrected chi connectivity index (χ2v) is 3.02. The predicted octanol–water partition coefficient (Wildman–Crippen LogP) is 1.26. The van der Waals surface area contributed by atoms with Crippen LogP contribution < -0.4 is 16.0 Å². The summed E-state index contributed by atoms with van der Waals surface area (Å²) >= 11 is 0. The van der Waals surface area contributed by atoms with Gasteiger partial charge in [-0.1, -0.05) is 24.3 Å². The summed E-state index contributed by atoms with van der Waals surface area (Å²) in [6.45, 7) is 3.70. The SMILES string of the molecule is C=CC(Cc1ccccc1OC)NN. The molecule has 0 radical (unpaired) electrons. The van der Waals surface area contributed by atoms with Crippen molar-refractivity contribution < 1.29 is 4.74 Å². The van der Waals surface area contributed by atoms with Crippen molar-refractivity contribution in [2.75, 3.05) is 7.11 Å². The maximum absolute atomic E-state index is 5.36. The molecule has 14 heavy (non-hydrogen) atoms. The number of nitrogens with two attached hydrogens (primary N) is 1. The van der Waals surface area contributed by atoms with E-state index in [0.717, 1.165) is 17.7 Å². The highest BCUT2D eigenvalue weighted by Crippen LogP contribution is 2.18. The second kappa shape index (κ2) is 5.42. The molecule has 1 unspecified atom stereocenters. The minimum atomic E-state index is 0.0753. The average molecular weight is 192 g/mol. The van der Waals surface area contributed by atoms with Crippen molar-refractivity contribution in [3.05, 3.63) is 42.5 Å². The largest absolute Gasteiger partial charge is 0.496 e. The maximum atomic E-state index is 5.36. The van der Waals surface area contributed by atoms with Crippen LogP contribution in [0.15, 0.2) is 36.9 Å². The standard InChI is InChI=1S/C11H16N2O/c1-3-10(13-12)8-9-6-4-5-7-11(9)14-2/h3-7,10,13H,1,8,12H2,2H3. The van der Waals surface area contributed by atoms with Crippen LogP contribution in [0.2, 0.25) is 0 Å². The molecule has 0 aliphatic carbocycles. The number of hydrogen-bond acceptors (Lipinski definition) is 3.